The van der Waals surface area contributed by atoms with Crippen molar-refractivity contribution in [2.45, 2.75) is 31.1 Å². The molecule has 2 N–H and O–H groups in total. The molecular formula is C18H23Cl3N4O2. The Balaban J connectivity index is 0.00000182. The minimum atomic E-state index is -0.468. The minimum Gasteiger partial charge on any atom is -0.364 e. The number of amides is 1. The number of hydrogen-bond acceptors (Lipinski definition) is 5. The molecule has 2 heterocycles. The molecule has 6 nitrogen and oxygen atoms in total. The molecule has 3 rings (SSSR count). The number of carbonyl (C=O) groups is 1. The van der Waals surface area contributed by atoms with Gasteiger partial charge in [-0.15, -0.1) is 24.8 Å². The second-order valence-corrected chi connectivity index (χ2v) is 6.53. The molecule has 0 bridgehead atoms. The zero-order chi connectivity index (χ0) is 17.8. The van der Waals surface area contributed by atoms with Gasteiger partial charge in [-0.2, -0.15) is 0 Å². The van der Waals surface area contributed by atoms with Gasteiger partial charge in [-0.05, 0) is 30.5 Å². The van der Waals surface area contributed by atoms with Crippen LogP contribution in [0, 0.1) is 0 Å². The van der Waals surface area contributed by atoms with Crippen molar-refractivity contribution in [1.82, 2.24) is 14.9 Å². The molecule has 148 valence electrons. The maximum Gasteiger partial charge on any atom is 0.252 e. The summed E-state index contributed by atoms with van der Waals surface area (Å²) in [6.45, 7) is 0.429. The zero-order valence-electron chi connectivity index (χ0n) is 14.8. The van der Waals surface area contributed by atoms with Crippen LogP contribution in [-0.4, -0.2) is 46.6 Å². The van der Waals surface area contributed by atoms with E-state index in [2.05, 4.69) is 9.97 Å². The van der Waals surface area contributed by atoms with E-state index in [-0.39, 0.29) is 42.9 Å². The first-order chi connectivity index (χ1) is 12.1. The van der Waals surface area contributed by atoms with Crippen LogP contribution in [0.15, 0.2) is 42.9 Å². The van der Waals surface area contributed by atoms with E-state index < -0.39 is 6.10 Å². The second kappa shape index (κ2) is 10.8. The van der Waals surface area contributed by atoms with Gasteiger partial charge in [-0.3, -0.25) is 14.8 Å². The summed E-state index contributed by atoms with van der Waals surface area (Å²) in [5, 5.41) is 0.639. The Kier molecular flexibility index (Phi) is 9.42. The quantitative estimate of drug-likeness (QED) is 0.784. The van der Waals surface area contributed by atoms with Crippen LogP contribution in [0.3, 0.4) is 0 Å². The van der Waals surface area contributed by atoms with E-state index in [9.17, 15) is 4.79 Å². The van der Waals surface area contributed by atoms with Crippen LogP contribution in [0.4, 0.5) is 0 Å². The molecule has 1 aromatic carbocycles. The average Bonchev–Trinajstić information content (AvgIpc) is 3.13. The lowest BCUT2D eigenvalue weighted by Crippen LogP contribution is -2.40. The van der Waals surface area contributed by atoms with Gasteiger partial charge in [0.05, 0.1) is 18.0 Å². The summed E-state index contributed by atoms with van der Waals surface area (Å²) < 4.78 is 5.76. The van der Waals surface area contributed by atoms with Crippen molar-refractivity contribution in [2.75, 3.05) is 13.6 Å². The van der Waals surface area contributed by atoms with E-state index in [4.69, 9.17) is 22.1 Å². The molecule has 1 aliphatic rings. The summed E-state index contributed by atoms with van der Waals surface area (Å²) in [6, 6.07) is 7.02. The average molecular weight is 434 g/mol. The third kappa shape index (κ3) is 5.53. The molecule has 1 amide bonds. The molecule has 0 spiro atoms. The Bertz CT molecular complexity index is 718. The number of halogens is 3. The number of aromatic nitrogens is 2. The maximum atomic E-state index is 12.9. The van der Waals surface area contributed by atoms with E-state index in [1.165, 1.54) is 0 Å². The van der Waals surface area contributed by atoms with Gasteiger partial charge in [-0.25, -0.2) is 0 Å². The first-order valence-electron chi connectivity index (χ1n) is 8.23. The maximum absolute atomic E-state index is 12.9. The molecule has 0 radical (unpaired) electrons. The summed E-state index contributed by atoms with van der Waals surface area (Å²) in [5.41, 5.74) is 7.25. The largest absolute Gasteiger partial charge is 0.364 e. The minimum absolute atomic E-state index is 0. The summed E-state index contributed by atoms with van der Waals surface area (Å²) in [5.74, 6) is -0.0819. The molecule has 27 heavy (non-hydrogen) atoms. The highest BCUT2D eigenvalue weighted by Crippen LogP contribution is 2.29. The Morgan fingerprint density at radius 2 is 2.00 bits per heavy atom. The monoisotopic (exact) mass is 432 g/mol. The molecule has 1 fully saturated rings. The number of nitrogens with zero attached hydrogens (tertiary/aromatic N) is 3. The highest BCUT2D eigenvalue weighted by molar-refractivity contribution is 6.30. The van der Waals surface area contributed by atoms with Crippen LogP contribution in [0.2, 0.25) is 5.02 Å². The predicted octanol–water partition coefficient (Wildman–Crippen LogP) is 3.03. The van der Waals surface area contributed by atoms with E-state index in [1.807, 2.05) is 12.1 Å². The third-order valence-electron chi connectivity index (χ3n) is 4.43. The molecule has 3 atom stereocenters. The SMILES string of the molecule is CN(C(=O)[C@@H]1CC[C@H](CN)O1)C(c1ccc(Cl)cc1)c1cnccn1.Cl.Cl. The first-order valence-corrected chi connectivity index (χ1v) is 8.61. The number of rotatable bonds is 5. The van der Waals surface area contributed by atoms with Crippen molar-refractivity contribution in [3.8, 4) is 0 Å². The lowest BCUT2D eigenvalue weighted by atomic mass is 10.0. The number of ether oxygens (including phenoxy) is 1. The second-order valence-electron chi connectivity index (χ2n) is 6.09. The van der Waals surface area contributed by atoms with Gasteiger partial charge >= 0.3 is 0 Å². The van der Waals surface area contributed by atoms with Gasteiger partial charge in [0, 0.05) is 31.0 Å². The molecule has 1 aromatic heterocycles. The molecule has 0 saturated carbocycles. The lowest BCUT2D eigenvalue weighted by molar-refractivity contribution is -0.143. The van der Waals surface area contributed by atoms with Crippen molar-refractivity contribution in [2.24, 2.45) is 5.73 Å². The van der Waals surface area contributed by atoms with E-state index in [0.29, 0.717) is 23.7 Å². The standard InChI is InChI=1S/C18H21ClN4O2.2ClH/c1-23(18(24)16-7-6-14(10-20)25-16)17(15-11-21-8-9-22-15)12-2-4-13(19)5-3-12;;/h2-5,8-9,11,14,16-17H,6-7,10,20H2,1H3;2*1H/t14-,16+,17?;;/m1../s1. The Morgan fingerprint density at radius 1 is 1.30 bits per heavy atom. The smallest absolute Gasteiger partial charge is 0.252 e. The van der Waals surface area contributed by atoms with Gasteiger partial charge in [0.2, 0.25) is 0 Å². The van der Waals surface area contributed by atoms with Gasteiger partial charge in [0.1, 0.15) is 12.1 Å². The molecule has 1 unspecified atom stereocenters. The fourth-order valence-corrected chi connectivity index (χ4v) is 3.23. The van der Waals surface area contributed by atoms with Crippen LogP contribution >= 0.6 is 36.4 Å². The fraction of sp³-hybridized carbons (Fsp3) is 0.389. The van der Waals surface area contributed by atoms with Crippen molar-refractivity contribution in [1.29, 1.82) is 0 Å². The van der Waals surface area contributed by atoms with Gasteiger partial charge in [-0.1, -0.05) is 23.7 Å². The number of nitrogens with two attached hydrogens (primary N) is 1. The highest BCUT2D eigenvalue weighted by Gasteiger charge is 2.35. The normalized spacial score (nSPS) is 19.5. The van der Waals surface area contributed by atoms with Crippen molar-refractivity contribution in [3.63, 3.8) is 0 Å². The van der Waals surface area contributed by atoms with Crippen molar-refractivity contribution >= 4 is 42.3 Å². The molecule has 9 heteroatoms. The molecular weight excluding hydrogens is 411 g/mol. The summed E-state index contributed by atoms with van der Waals surface area (Å²) in [6.07, 6.45) is 5.86. The Morgan fingerprint density at radius 3 is 2.56 bits per heavy atom. The topological polar surface area (TPSA) is 81.3 Å². The summed E-state index contributed by atoms with van der Waals surface area (Å²) in [7, 11) is 1.76. The van der Waals surface area contributed by atoms with Crippen LogP contribution < -0.4 is 5.73 Å². The van der Waals surface area contributed by atoms with Crippen LogP contribution in [0.25, 0.3) is 0 Å². The number of hydrogen-bond donors (Lipinski definition) is 1. The lowest BCUT2D eigenvalue weighted by Gasteiger charge is -2.30. The molecule has 2 aromatic rings. The molecule has 1 aliphatic heterocycles. The van der Waals surface area contributed by atoms with Crippen LogP contribution in [-0.2, 0) is 9.53 Å². The Labute approximate surface area is 176 Å². The third-order valence-corrected chi connectivity index (χ3v) is 4.68. The van der Waals surface area contributed by atoms with Crippen LogP contribution in [0.1, 0.15) is 30.1 Å². The van der Waals surface area contributed by atoms with Crippen molar-refractivity contribution in [3.05, 3.63) is 59.1 Å². The van der Waals surface area contributed by atoms with Gasteiger partial charge < -0.3 is 15.4 Å². The molecule has 1 saturated heterocycles. The van der Waals surface area contributed by atoms with E-state index >= 15 is 0 Å². The number of carbonyl (C=O) groups excluding carboxylic acids is 1. The number of likely N-dealkylation sites (N-methyl/N-ethyl adjacent to an activating group) is 1. The van der Waals surface area contributed by atoms with Crippen molar-refractivity contribution < 1.29 is 9.53 Å². The van der Waals surface area contributed by atoms with Crippen LogP contribution in [0.5, 0.6) is 0 Å². The number of benzene rings is 1. The van der Waals surface area contributed by atoms with Gasteiger partial charge in [0.25, 0.3) is 5.91 Å². The van der Waals surface area contributed by atoms with E-state index in [1.54, 1.807) is 42.7 Å². The Hall–Kier alpha value is -1.44. The zero-order valence-corrected chi connectivity index (χ0v) is 17.2. The molecule has 0 aliphatic carbocycles. The van der Waals surface area contributed by atoms with E-state index in [0.717, 1.165) is 12.0 Å². The van der Waals surface area contributed by atoms with Gasteiger partial charge in [0.15, 0.2) is 0 Å². The first kappa shape index (κ1) is 23.6. The highest BCUT2D eigenvalue weighted by atomic mass is 35.5. The summed E-state index contributed by atoms with van der Waals surface area (Å²) >= 11 is 6.00. The summed E-state index contributed by atoms with van der Waals surface area (Å²) in [4.78, 5) is 23.1. The fourth-order valence-electron chi connectivity index (χ4n) is 3.10. The predicted molar refractivity (Wildman–Crippen MR) is 110 cm³/mol.